The molecule has 0 aliphatic heterocycles. The Hall–Kier alpha value is -1.56. The van der Waals surface area contributed by atoms with Gasteiger partial charge in [0.05, 0.1) is 12.0 Å². The summed E-state index contributed by atoms with van der Waals surface area (Å²) in [4.78, 5) is 12.2. The van der Waals surface area contributed by atoms with Gasteiger partial charge in [-0.2, -0.15) is 13.2 Å². The van der Waals surface area contributed by atoms with Crippen molar-refractivity contribution in [2.24, 2.45) is 11.8 Å². The van der Waals surface area contributed by atoms with Crippen LogP contribution in [-0.4, -0.2) is 23.7 Å². The molecular weight excluding hydrogens is 307 g/mol. The fraction of sp³-hybridized carbons (Fsp3) is 0.588. The van der Waals surface area contributed by atoms with Crippen molar-refractivity contribution in [2.45, 2.75) is 44.9 Å². The second-order valence-electron chi connectivity index (χ2n) is 6.16. The molecule has 3 nitrogen and oxygen atoms in total. The van der Waals surface area contributed by atoms with E-state index in [0.717, 1.165) is 5.56 Å². The van der Waals surface area contributed by atoms with Gasteiger partial charge in [-0.05, 0) is 30.9 Å². The molecule has 1 aromatic rings. The average Bonchev–Trinajstić information content (AvgIpc) is 2.52. The standard InChI is InChI=1S/C17H22F3NO2/c1-11-6-2-3-7-12(11)15(22)10-21-16(23)13-8-4-5-9-14(13)17(18,19)20/h2-3,6-7,13-15,22H,4-5,8-10H2,1H3,(H,21,23)/t13-,14-,15-/m1/s1. The minimum Gasteiger partial charge on any atom is -0.387 e. The maximum absolute atomic E-state index is 13.0. The number of aliphatic hydroxyl groups excluding tert-OH is 1. The Bertz CT molecular complexity index is 545. The molecular formula is C17H22F3NO2. The van der Waals surface area contributed by atoms with Gasteiger partial charge < -0.3 is 10.4 Å². The summed E-state index contributed by atoms with van der Waals surface area (Å²) in [5.41, 5.74) is 1.55. The average molecular weight is 329 g/mol. The molecule has 1 amide bonds. The number of nitrogens with one attached hydrogen (secondary N) is 1. The summed E-state index contributed by atoms with van der Waals surface area (Å²) < 4.78 is 39.1. The zero-order valence-corrected chi connectivity index (χ0v) is 13.1. The number of benzene rings is 1. The van der Waals surface area contributed by atoms with Crippen LogP contribution in [0.1, 0.15) is 42.9 Å². The van der Waals surface area contributed by atoms with Crippen molar-refractivity contribution in [3.63, 3.8) is 0 Å². The Morgan fingerprint density at radius 1 is 1.30 bits per heavy atom. The maximum Gasteiger partial charge on any atom is 0.392 e. The van der Waals surface area contributed by atoms with Crippen LogP contribution in [0.15, 0.2) is 24.3 Å². The van der Waals surface area contributed by atoms with Crippen LogP contribution in [-0.2, 0) is 4.79 Å². The lowest BCUT2D eigenvalue weighted by Gasteiger charge is -2.32. The van der Waals surface area contributed by atoms with E-state index in [1.165, 1.54) is 0 Å². The minimum absolute atomic E-state index is 0.00192. The van der Waals surface area contributed by atoms with Crippen molar-refractivity contribution in [2.75, 3.05) is 6.54 Å². The van der Waals surface area contributed by atoms with Gasteiger partial charge in [0.2, 0.25) is 5.91 Å². The van der Waals surface area contributed by atoms with Gasteiger partial charge in [0, 0.05) is 12.5 Å². The highest BCUT2D eigenvalue weighted by molar-refractivity contribution is 5.79. The Morgan fingerprint density at radius 2 is 1.96 bits per heavy atom. The Morgan fingerprint density at radius 3 is 2.61 bits per heavy atom. The SMILES string of the molecule is Cc1ccccc1[C@H](O)CNC(=O)[C@@H]1CCCC[C@H]1C(F)(F)F. The quantitative estimate of drug-likeness (QED) is 0.888. The molecule has 128 valence electrons. The van der Waals surface area contributed by atoms with Crippen molar-refractivity contribution < 1.29 is 23.1 Å². The van der Waals surface area contributed by atoms with Crippen molar-refractivity contribution >= 4 is 5.91 Å². The molecule has 0 spiro atoms. The molecule has 1 aromatic carbocycles. The summed E-state index contributed by atoms with van der Waals surface area (Å²) in [6.07, 6.45) is -3.90. The number of hydrogen-bond donors (Lipinski definition) is 2. The second-order valence-corrected chi connectivity index (χ2v) is 6.16. The number of carbonyl (C=O) groups excluding carboxylic acids is 1. The van der Waals surface area contributed by atoms with E-state index in [9.17, 15) is 23.1 Å². The molecule has 0 aromatic heterocycles. The van der Waals surface area contributed by atoms with Crippen LogP contribution < -0.4 is 5.32 Å². The van der Waals surface area contributed by atoms with Gasteiger partial charge in [-0.1, -0.05) is 37.1 Å². The van der Waals surface area contributed by atoms with Crippen molar-refractivity contribution in [3.05, 3.63) is 35.4 Å². The normalized spacial score (nSPS) is 23.3. The Labute approximate surface area is 133 Å². The summed E-state index contributed by atoms with van der Waals surface area (Å²) in [7, 11) is 0. The molecule has 0 saturated heterocycles. The van der Waals surface area contributed by atoms with E-state index in [4.69, 9.17) is 0 Å². The Balaban J connectivity index is 1.97. The second kappa shape index (κ2) is 7.34. The molecule has 1 aliphatic rings. The molecule has 2 N–H and O–H groups in total. The highest BCUT2D eigenvalue weighted by atomic mass is 19.4. The molecule has 3 atom stereocenters. The van der Waals surface area contributed by atoms with E-state index in [1.807, 2.05) is 19.1 Å². The minimum atomic E-state index is -4.35. The first-order valence-corrected chi connectivity index (χ1v) is 7.88. The molecule has 2 rings (SSSR count). The first kappa shape index (κ1) is 17.8. The van der Waals surface area contributed by atoms with Gasteiger partial charge >= 0.3 is 6.18 Å². The molecule has 0 heterocycles. The predicted octanol–water partition coefficient (Wildman–Crippen LogP) is 3.51. The van der Waals surface area contributed by atoms with Crippen LogP contribution in [0.25, 0.3) is 0 Å². The largest absolute Gasteiger partial charge is 0.392 e. The van der Waals surface area contributed by atoms with Crippen molar-refractivity contribution in [1.29, 1.82) is 0 Å². The lowest BCUT2D eigenvalue weighted by atomic mass is 9.78. The third kappa shape index (κ3) is 4.47. The number of aryl methyl sites for hydroxylation is 1. The lowest BCUT2D eigenvalue weighted by Crippen LogP contribution is -2.43. The number of carbonyl (C=O) groups is 1. The molecule has 1 saturated carbocycles. The zero-order valence-electron chi connectivity index (χ0n) is 13.1. The van der Waals surface area contributed by atoms with Crippen LogP contribution in [0.2, 0.25) is 0 Å². The smallest absolute Gasteiger partial charge is 0.387 e. The van der Waals surface area contributed by atoms with Crippen LogP contribution in [0, 0.1) is 18.8 Å². The van der Waals surface area contributed by atoms with Gasteiger partial charge in [-0.25, -0.2) is 0 Å². The number of alkyl halides is 3. The molecule has 6 heteroatoms. The first-order chi connectivity index (χ1) is 10.8. The van der Waals surface area contributed by atoms with E-state index in [1.54, 1.807) is 12.1 Å². The topological polar surface area (TPSA) is 49.3 Å². The highest BCUT2D eigenvalue weighted by Crippen LogP contribution is 2.41. The Kier molecular flexibility index (Phi) is 5.68. The van der Waals surface area contributed by atoms with Crippen LogP contribution in [0.4, 0.5) is 13.2 Å². The monoisotopic (exact) mass is 329 g/mol. The van der Waals surface area contributed by atoms with Gasteiger partial charge in [0.15, 0.2) is 0 Å². The summed E-state index contributed by atoms with van der Waals surface area (Å²) >= 11 is 0. The fourth-order valence-electron chi connectivity index (χ4n) is 3.24. The summed E-state index contributed by atoms with van der Waals surface area (Å²) in [5.74, 6) is -3.24. The molecule has 0 unspecified atom stereocenters. The number of rotatable bonds is 4. The molecule has 1 fully saturated rings. The zero-order chi connectivity index (χ0) is 17.0. The lowest BCUT2D eigenvalue weighted by molar-refractivity contribution is -0.198. The van der Waals surface area contributed by atoms with Crippen LogP contribution in [0.5, 0.6) is 0 Å². The predicted molar refractivity (Wildman–Crippen MR) is 80.7 cm³/mol. The maximum atomic E-state index is 13.0. The summed E-state index contributed by atoms with van der Waals surface area (Å²) in [6, 6.07) is 7.18. The highest BCUT2D eigenvalue weighted by Gasteiger charge is 2.47. The molecule has 0 radical (unpaired) electrons. The van der Waals surface area contributed by atoms with E-state index >= 15 is 0 Å². The van der Waals surface area contributed by atoms with Gasteiger partial charge in [-0.15, -0.1) is 0 Å². The van der Waals surface area contributed by atoms with Gasteiger partial charge in [0.1, 0.15) is 0 Å². The van der Waals surface area contributed by atoms with Gasteiger partial charge in [0.25, 0.3) is 0 Å². The third-order valence-electron chi connectivity index (χ3n) is 4.54. The van der Waals surface area contributed by atoms with E-state index in [2.05, 4.69) is 5.32 Å². The van der Waals surface area contributed by atoms with E-state index in [0.29, 0.717) is 18.4 Å². The van der Waals surface area contributed by atoms with E-state index < -0.39 is 30.0 Å². The molecule has 23 heavy (non-hydrogen) atoms. The van der Waals surface area contributed by atoms with Crippen molar-refractivity contribution in [1.82, 2.24) is 5.32 Å². The van der Waals surface area contributed by atoms with Gasteiger partial charge in [-0.3, -0.25) is 4.79 Å². The number of amides is 1. The number of aliphatic hydroxyl groups is 1. The molecule has 0 bridgehead atoms. The first-order valence-electron chi connectivity index (χ1n) is 7.88. The van der Waals surface area contributed by atoms with E-state index in [-0.39, 0.29) is 19.4 Å². The summed E-state index contributed by atoms with van der Waals surface area (Å²) in [5, 5.41) is 12.6. The summed E-state index contributed by atoms with van der Waals surface area (Å²) in [6.45, 7) is 1.76. The number of hydrogen-bond acceptors (Lipinski definition) is 2. The van der Waals surface area contributed by atoms with Crippen molar-refractivity contribution in [3.8, 4) is 0 Å². The third-order valence-corrected chi connectivity index (χ3v) is 4.54. The number of halogens is 3. The van der Waals surface area contributed by atoms with Crippen LogP contribution >= 0.6 is 0 Å². The van der Waals surface area contributed by atoms with Crippen LogP contribution in [0.3, 0.4) is 0 Å². The molecule has 1 aliphatic carbocycles. The fourth-order valence-corrected chi connectivity index (χ4v) is 3.24.